The Hall–Kier alpha value is -1.89. The second-order valence-corrected chi connectivity index (χ2v) is 12.6. The van der Waals surface area contributed by atoms with Crippen molar-refractivity contribution in [2.45, 2.75) is 30.5 Å². The maximum atomic E-state index is 13.5. The molecule has 2 amide bonds. The Morgan fingerprint density at radius 1 is 0.971 bits per heavy atom. The van der Waals surface area contributed by atoms with Crippen LogP contribution < -0.4 is 10.7 Å². The predicted octanol–water partition coefficient (Wildman–Crippen LogP) is 3.10. The first-order valence-corrected chi connectivity index (χ1v) is 14.9. The van der Waals surface area contributed by atoms with Crippen LogP contribution in [0.15, 0.2) is 48.5 Å². The van der Waals surface area contributed by atoms with Crippen molar-refractivity contribution in [3.63, 3.8) is 0 Å². The van der Waals surface area contributed by atoms with E-state index in [4.69, 9.17) is 11.6 Å². The molecule has 7 nitrogen and oxygen atoms in total. The van der Waals surface area contributed by atoms with Crippen LogP contribution in [0, 0.1) is 6.92 Å². The average Bonchev–Trinajstić information content (AvgIpc) is 2.85. The number of rotatable bonds is 7. The predicted molar refractivity (Wildman–Crippen MR) is 143 cm³/mol. The molecule has 2 aromatic carbocycles. The summed E-state index contributed by atoms with van der Waals surface area (Å²) in [5, 5.41) is 5.59. The number of anilines is 1. The number of nitrogens with zero attached hydrogens (tertiary/aromatic N) is 3. The molecule has 0 aromatic heterocycles. The molecule has 0 aliphatic carbocycles. The average molecular weight is 560 g/mol. The Morgan fingerprint density at radius 3 is 2.29 bits per heavy atom. The molecule has 2 saturated heterocycles. The van der Waals surface area contributed by atoms with Gasteiger partial charge in [0.2, 0.25) is 0 Å². The molecule has 0 spiro atoms. The minimum absolute atomic E-state index is 0.0807. The zero-order valence-electron chi connectivity index (χ0n) is 20.5. The van der Waals surface area contributed by atoms with Gasteiger partial charge in [0.15, 0.2) is 0 Å². The summed E-state index contributed by atoms with van der Waals surface area (Å²) < 4.78 is -0.529. The zero-order chi connectivity index (χ0) is 24.8. The van der Waals surface area contributed by atoms with Gasteiger partial charge in [-0.3, -0.25) is 0 Å². The van der Waals surface area contributed by atoms with Gasteiger partial charge in [0.1, 0.15) is 0 Å². The summed E-state index contributed by atoms with van der Waals surface area (Å²) in [5.41, 5.74) is 5.80. The molecular weight excluding hydrogens is 525 g/mol. The summed E-state index contributed by atoms with van der Waals surface area (Å²) in [4.78, 5) is 31.4. The molecule has 0 radical (unpaired) electrons. The molecule has 35 heavy (non-hydrogen) atoms. The number of benzene rings is 2. The first-order chi connectivity index (χ1) is 16.9. The fourth-order valence-corrected chi connectivity index (χ4v) is 7.35. The van der Waals surface area contributed by atoms with Crippen LogP contribution in [-0.4, -0.2) is 93.5 Å². The number of halogens is 1. The number of piperazine rings is 1. The van der Waals surface area contributed by atoms with E-state index < -0.39 is 20.5 Å². The number of hydrazine groups is 1. The molecule has 2 aromatic rings. The van der Waals surface area contributed by atoms with E-state index in [1.165, 1.54) is 12.8 Å². The number of hydrogen-bond acceptors (Lipinski definition) is 5. The van der Waals surface area contributed by atoms with Crippen LogP contribution in [0.25, 0.3) is 0 Å². The third-order valence-electron chi connectivity index (χ3n) is 6.93. The van der Waals surface area contributed by atoms with Crippen LogP contribution in [0.5, 0.6) is 0 Å². The second-order valence-electron chi connectivity index (χ2n) is 9.43. The summed E-state index contributed by atoms with van der Waals surface area (Å²) in [7, 11) is 2.19. The summed E-state index contributed by atoms with van der Waals surface area (Å²) >= 11 is 4.62. The quantitative estimate of drug-likeness (QED) is 0.511. The van der Waals surface area contributed by atoms with E-state index in [0.717, 1.165) is 50.4 Å². The Morgan fingerprint density at radius 2 is 1.63 bits per heavy atom. The summed E-state index contributed by atoms with van der Waals surface area (Å²) in [5.74, 6) is -0.0849. The van der Waals surface area contributed by atoms with Crippen molar-refractivity contribution in [2.75, 3.05) is 51.6 Å². The molecule has 0 saturated carbocycles. The fraction of sp³-hybridized carbons (Fsp3) is 0.462. The van der Waals surface area contributed by atoms with Crippen LogP contribution in [0.2, 0.25) is 5.02 Å². The Labute approximate surface area is 219 Å². The van der Waals surface area contributed by atoms with Gasteiger partial charge in [-0.1, -0.05) is 0 Å². The van der Waals surface area contributed by atoms with E-state index in [9.17, 15) is 9.59 Å². The zero-order valence-corrected chi connectivity index (χ0v) is 23.3. The number of aryl methyl sites for hydroxylation is 1. The third-order valence-corrected chi connectivity index (χ3v) is 9.80. The number of piperidine rings is 1. The molecule has 2 aliphatic rings. The summed E-state index contributed by atoms with van der Waals surface area (Å²) in [6, 6.07) is 15.6. The van der Waals surface area contributed by atoms with Crippen molar-refractivity contribution in [1.29, 1.82) is 0 Å². The molecule has 9 heteroatoms. The Bertz CT molecular complexity index is 1010. The Balaban J connectivity index is 1.37. The number of nitrogens with one attached hydrogen (secondary N) is 2. The van der Waals surface area contributed by atoms with E-state index in [2.05, 4.69) is 27.6 Å². The topological polar surface area (TPSA) is 67.9 Å². The van der Waals surface area contributed by atoms with Gasteiger partial charge in [0.05, 0.1) is 0 Å². The van der Waals surface area contributed by atoms with Gasteiger partial charge >= 0.3 is 220 Å². The summed E-state index contributed by atoms with van der Waals surface area (Å²) in [6.45, 7) is 7.82. The minimum atomic E-state index is -1.33. The van der Waals surface area contributed by atoms with Crippen LogP contribution in [0.1, 0.15) is 28.7 Å². The molecule has 2 atom stereocenters. The van der Waals surface area contributed by atoms with Gasteiger partial charge in [-0.15, -0.1) is 0 Å². The Kier molecular flexibility index (Phi) is 9.26. The van der Waals surface area contributed by atoms with Crippen molar-refractivity contribution in [2.24, 2.45) is 0 Å². The molecule has 0 bridgehead atoms. The van der Waals surface area contributed by atoms with Gasteiger partial charge in [-0.2, -0.15) is 0 Å². The van der Waals surface area contributed by atoms with Crippen molar-refractivity contribution in [3.05, 3.63) is 64.7 Å². The van der Waals surface area contributed by atoms with Crippen LogP contribution in [0.3, 0.4) is 0 Å². The molecule has 188 valence electrons. The molecule has 2 unspecified atom stereocenters. The van der Waals surface area contributed by atoms with E-state index >= 15 is 0 Å². The van der Waals surface area contributed by atoms with Gasteiger partial charge in [0.25, 0.3) is 0 Å². The number of hydrogen-bond donors (Lipinski definition) is 2. The number of carbonyl (C=O) groups excluding carboxylic acids is 2. The first kappa shape index (κ1) is 26.2. The van der Waals surface area contributed by atoms with Crippen LogP contribution in [0.4, 0.5) is 10.5 Å². The van der Waals surface area contributed by atoms with E-state index in [-0.39, 0.29) is 10.6 Å². The molecule has 2 aliphatic heterocycles. The van der Waals surface area contributed by atoms with Crippen molar-refractivity contribution < 1.29 is 9.59 Å². The SMILES string of the molecule is Cc1ccccc1C([AsH]C(=O)Nc1ccc(Cl)cc1)C(=O)NN1CCN(C2CCN(C)CC2)CC1. The normalized spacial score (nSPS) is 19.6. The number of likely N-dealkylation sites (tertiary alicyclic amines) is 1. The molecule has 2 fully saturated rings. The summed E-state index contributed by atoms with van der Waals surface area (Å²) in [6.07, 6.45) is 2.43. The van der Waals surface area contributed by atoms with Gasteiger partial charge in [0, 0.05) is 0 Å². The van der Waals surface area contributed by atoms with E-state index in [1.807, 2.05) is 36.2 Å². The number of amides is 2. The standard InChI is InChI=1S/C26H35AsClN5O2/c1-19-5-3-4-6-23(19)24(27-26(35)29-21-9-7-20(28)8-10-21)25(34)30-33-17-15-32(16-18-33)22-11-13-31(2)14-12-22/h3-10,22,24,27H,11-18H2,1-2H3,(H,29,35)(H,30,34). The van der Waals surface area contributed by atoms with Gasteiger partial charge < -0.3 is 0 Å². The van der Waals surface area contributed by atoms with Crippen LogP contribution >= 0.6 is 11.6 Å². The monoisotopic (exact) mass is 559 g/mol. The second kappa shape index (κ2) is 12.4. The first-order valence-electron chi connectivity index (χ1n) is 12.3. The van der Waals surface area contributed by atoms with E-state index in [0.29, 0.717) is 16.8 Å². The molecule has 2 N–H and O–H groups in total. The van der Waals surface area contributed by atoms with Crippen molar-refractivity contribution in [3.8, 4) is 0 Å². The molecular formula is C26H35AsClN5O2. The van der Waals surface area contributed by atoms with Crippen molar-refractivity contribution >= 4 is 43.6 Å². The maximum absolute atomic E-state index is 13.5. The third kappa shape index (κ3) is 7.31. The van der Waals surface area contributed by atoms with Gasteiger partial charge in [-0.25, -0.2) is 0 Å². The number of carbonyl (C=O) groups is 2. The van der Waals surface area contributed by atoms with Crippen molar-refractivity contribution in [1.82, 2.24) is 20.2 Å². The molecule has 4 rings (SSSR count). The fourth-order valence-electron chi connectivity index (χ4n) is 4.81. The van der Waals surface area contributed by atoms with Crippen LogP contribution in [-0.2, 0) is 4.79 Å². The van der Waals surface area contributed by atoms with Gasteiger partial charge in [-0.05, 0) is 0 Å². The molecule has 2 heterocycles. The van der Waals surface area contributed by atoms with E-state index in [1.54, 1.807) is 24.3 Å².